The molecule has 30 heavy (non-hydrogen) atoms. The Bertz CT molecular complexity index is 868. The minimum Gasteiger partial charge on any atom is -0.458 e. The van der Waals surface area contributed by atoms with Gasteiger partial charge in [-0.1, -0.05) is 19.2 Å². The summed E-state index contributed by atoms with van der Waals surface area (Å²) in [5, 5.41) is 0. The van der Waals surface area contributed by atoms with Gasteiger partial charge in [-0.25, -0.2) is 9.59 Å². The third kappa shape index (κ3) is 3.96. The van der Waals surface area contributed by atoms with Gasteiger partial charge in [0.05, 0.1) is 5.92 Å². The molecule has 2 aliphatic heterocycles. The van der Waals surface area contributed by atoms with Crippen molar-refractivity contribution in [2.45, 2.75) is 70.6 Å². The second kappa shape index (κ2) is 7.83. The van der Waals surface area contributed by atoms with Crippen molar-refractivity contribution in [3.63, 3.8) is 0 Å². The van der Waals surface area contributed by atoms with E-state index in [0.29, 0.717) is 5.57 Å². The fourth-order valence-electron chi connectivity index (χ4n) is 4.06. The van der Waals surface area contributed by atoms with Crippen molar-refractivity contribution in [2.24, 2.45) is 5.92 Å². The summed E-state index contributed by atoms with van der Waals surface area (Å²) >= 11 is 0. The average molecular weight is 418 g/mol. The summed E-state index contributed by atoms with van der Waals surface area (Å²) in [4.78, 5) is 49.3. The van der Waals surface area contributed by atoms with Gasteiger partial charge in [0.15, 0.2) is 18.0 Å². The van der Waals surface area contributed by atoms with Crippen molar-refractivity contribution in [3.8, 4) is 0 Å². The summed E-state index contributed by atoms with van der Waals surface area (Å²) in [5.74, 6) is -2.88. The van der Waals surface area contributed by atoms with Crippen LogP contribution in [0.1, 0.15) is 40.5 Å². The van der Waals surface area contributed by atoms with E-state index in [1.807, 2.05) is 0 Å². The number of hydrogen-bond donors (Lipinski definition) is 0. The molecule has 2 heterocycles. The van der Waals surface area contributed by atoms with Crippen LogP contribution in [0.4, 0.5) is 0 Å². The standard InChI is InChI=1S/C22H26O8/c1-7-10(2)20(25)28-15-9-22(6)19(30-22)14(24)8-11(3)17(27-13(5)23)18-16(15)12(4)21(26)29-18/h7,15-19H,3-4,8-9H2,1-2,5-6H3/b10-7+/t15?,16-,17+,18-,19-,22-/m1/s1. The summed E-state index contributed by atoms with van der Waals surface area (Å²) in [6, 6.07) is 0. The lowest BCUT2D eigenvalue weighted by Crippen LogP contribution is -2.45. The average Bonchev–Trinajstić information content (AvgIpc) is 3.25. The first kappa shape index (κ1) is 22.0. The highest BCUT2D eigenvalue weighted by Gasteiger charge is 2.61. The molecule has 3 fully saturated rings. The van der Waals surface area contributed by atoms with Gasteiger partial charge in [0.1, 0.15) is 17.8 Å². The Kier molecular flexibility index (Phi) is 5.73. The van der Waals surface area contributed by atoms with Crippen LogP contribution in [0.15, 0.2) is 36.0 Å². The molecule has 0 N–H and O–H groups in total. The van der Waals surface area contributed by atoms with Crippen LogP contribution in [0.25, 0.3) is 0 Å². The van der Waals surface area contributed by atoms with E-state index in [9.17, 15) is 19.2 Å². The molecule has 1 saturated carbocycles. The van der Waals surface area contributed by atoms with Crippen LogP contribution >= 0.6 is 0 Å². The lowest BCUT2D eigenvalue weighted by atomic mass is 9.79. The lowest BCUT2D eigenvalue weighted by molar-refractivity contribution is -0.162. The monoisotopic (exact) mass is 418 g/mol. The molecule has 8 heteroatoms. The first-order valence-corrected chi connectivity index (χ1v) is 9.77. The topological polar surface area (TPSA) is 108 Å². The number of Topliss-reactive ketones (excluding diaryl/α,β-unsaturated/α-hetero) is 1. The van der Waals surface area contributed by atoms with Gasteiger partial charge in [0, 0.05) is 30.9 Å². The van der Waals surface area contributed by atoms with E-state index < -0.39 is 53.8 Å². The fourth-order valence-corrected chi connectivity index (χ4v) is 4.06. The zero-order valence-corrected chi connectivity index (χ0v) is 17.6. The number of carbonyl (C=O) groups excluding carboxylic acids is 4. The number of carbonyl (C=O) groups is 4. The normalized spacial score (nSPS) is 36.4. The molecule has 3 rings (SSSR count). The highest BCUT2D eigenvalue weighted by Crippen LogP contribution is 2.48. The molecule has 0 aromatic heterocycles. The number of epoxide rings is 1. The molecule has 0 amide bonds. The van der Waals surface area contributed by atoms with Gasteiger partial charge in [-0.05, 0) is 26.3 Å². The number of esters is 3. The maximum atomic E-state index is 12.7. The maximum absolute atomic E-state index is 12.7. The van der Waals surface area contributed by atoms with Gasteiger partial charge in [-0.2, -0.15) is 0 Å². The molecule has 0 aromatic carbocycles. The molecular formula is C22H26O8. The van der Waals surface area contributed by atoms with Crippen molar-refractivity contribution >= 4 is 23.7 Å². The van der Waals surface area contributed by atoms with E-state index in [1.165, 1.54) is 6.92 Å². The van der Waals surface area contributed by atoms with Crippen LogP contribution in [0.5, 0.6) is 0 Å². The molecule has 6 atom stereocenters. The minimum absolute atomic E-state index is 0.0897. The Morgan fingerprint density at radius 2 is 1.87 bits per heavy atom. The summed E-state index contributed by atoms with van der Waals surface area (Å²) in [5.41, 5.74) is -0.0812. The summed E-state index contributed by atoms with van der Waals surface area (Å²) < 4.78 is 22.3. The Hall–Kier alpha value is -2.74. The first-order chi connectivity index (χ1) is 14.0. The molecular weight excluding hydrogens is 392 g/mol. The number of allylic oxidation sites excluding steroid dienone is 1. The fraction of sp³-hybridized carbons (Fsp3) is 0.545. The Morgan fingerprint density at radius 1 is 1.20 bits per heavy atom. The molecule has 0 bridgehead atoms. The van der Waals surface area contributed by atoms with Crippen molar-refractivity contribution in [2.75, 3.05) is 0 Å². The van der Waals surface area contributed by atoms with Crippen LogP contribution in [-0.2, 0) is 38.1 Å². The van der Waals surface area contributed by atoms with E-state index in [-0.39, 0.29) is 29.8 Å². The molecule has 2 saturated heterocycles. The third-order valence-corrected chi connectivity index (χ3v) is 5.85. The van der Waals surface area contributed by atoms with Crippen LogP contribution in [0.2, 0.25) is 0 Å². The van der Waals surface area contributed by atoms with Gasteiger partial charge in [0.2, 0.25) is 0 Å². The number of fused-ring (bicyclic) bond motifs is 2. The van der Waals surface area contributed by atoms with Gasteiger partial charge in [0.25, 0.3) is 0 Å². The van der Waals surface area contributed by atoms with Crippen molar-refractivity contribution < 1.29 is 38.1 Å². The summed E-state index contributed by atoms with van der Waals surface area (Å²) in [7, 11) is 0. The highest BCUT2D eigenvalue weighted by molar-refractivity contribution is 5.92. The molecule has 1 unspecified atom stereocenters. The smallest absolute Gasteiger partial charge is 0.334 e. The van der Waals surface area contributed by atoms with Crippen molar-refractivity contribution in [1.29, 1.82) is 0 Å². The SMILES string of the molecule is C=C1C(=O)O[C@@H]2[C@H]1C(OC(=O)/C(C)=C/C)C[C@@]1(C)O[C@@H]1C(=O)CC(=C)[C@@H]2OC(C)=O. The Morgan fingerprint density at radius 3 is 2.47 bits per heavy atom. The van der Waals surface area contributed by atoms with Gasteiger partial charge < -0.3 is 18.9 Å². The minimum atomic E-state index is -1.08. The predicted molar refractivity (Wildman–Crippen MR) is 104 cm³/mol. The molecule has 0 radical (unpaired) electrons. The summed E-state index contributed by atoms with van der Waals surface area (Å²) in [6.45, 7) is 14.0. The quantitative estimate of drug-likeness (QED) is 0.225. The molecule has 3 aliphatic rings. The zero-order chi connectivity index (χ0) is 22.4. The predicted octanol–water partition coefficient (Wildman–Crippen LogP) is 1.97. The van der Waals surface area contributed by atoms with Gasteiger partial charge in [-0.15, -0.1) is 0 Å². The van der Waals surface area contributed by atoms with Crippen LogP contribution in [-0.4, -0.2) is 53.7 Å². The number of ketones is 1. The van der Waals surface area contributed by atoms with E-state index in [1.54, 1.807) is 26.8 Å². The number of rotatable bonds is 3. The van der Waals surface area contributed by atoms with E-state index in [0.717, 1.165) is 0 Å². The van der Waals surface area contributed by atoms with E-state index >= 15 is 0 Å². The Labute approximate surface area is 174 Å². The van der Waals surface area contributed by atoms with E-state index in [4.69, 9.17) is 18.9 Å². The Balaban J connectivity index is 2.05. The van der Waals surface area contributed by atoms with Crippen molar-refractivity contribution in [3.05, 3.63) is 36.0 Å². The van der Waals surface area contributed by atoms with Gasteiger partial charge >= 0.3 is 17.9 Å². The van der Waals surface area contributed by atoms with Gasteiger partial charge in [-0.3, -0.25) is 9.59 Å². The molecule has 0 spiro atoms. The second-order valence-electron chi connectivity index (χ2n) is 8.18. The van der Waals surface area contributed by atoms with Crippen LogP contribution in [0, 0.1) is 5.92 Å². The second-order valence-corrected chi connectivity index (χ2v) is 8.18. The molecule has 0 aromatic rings. The zero-order valence-electron chi connectivity index (χ0n) is 17.6. The maximum Gasteiger partial charge on any atom is 0.334 e. The summed E-state index contributed by atoms with van der Waals surface area (Å²) in [6.07, 6.45) is -2.00. The molecule has 1 aliphatic carbocycles. The van der Waals surface area contributed by atoms with E-state index in [2.05, 4.69) is 13.2 Å². The lowest BCUT2D eigenvalue weighted by Gasteiger charge is -2.33. The highest BCUT2D eigenvalue weighted by atomic mass is 16.6. The van der Waals surface area contributed by atoms with Crippen molar-refractivity contribution in [1.82, 2.24) is 0 Å². The third-order valence-electron chi connectivity index (χ3n) is 5.85. The number of hydrogen-bond acceptors (Lipinski definition) is 8. The molecule has 8 nitrogen and oxygen atoms in total. The van der Waals surface area contributed by atoms with Crippen LogP contribution in [0.3, 0.4) is 0 Å². The number of ether oxygens (including phenoxy) is 4. The first-order valence-electron chi connectivity index (χ1n) is 9.77. The largest absolute Gasteiger partial charge is 0.458 e. The van der Waals surface area contributed by atoms with Crippen LogP contribution < -0.4 is 0 Å². The molecule has 162 valence electrons.